The van der Waals surface area contributed by atoms with Crippen LogP contribution in [0.15, 0.2) is 108 Å². The molecule has 1 aliphatic rings. The van der Waals surface area contributed by atoms with Gasteiger partial charge in [-0.1, -0.05) is 60.7 Å². The van der Waals surface area contributed by atoms with Crippen molar-refractivity contribution in [3.8, 4) is 17.2 Å². The largest absolute Gasteiger partial charge is 0.497 e. The highest BCUT2D eigenvalue weighted by Crippen LogP contribution is 2.36. The van der Waals surface area contributed by atoms with Crippen molar-refractivity contribution in [2.75, 3.05) is 31.2 Å². The van der Waals surface area contributed by atoms with Crippen molar-refractivity contribution < 1.29 is 32.2 Å². The summed E-state index contributed by atoms with van der Waals surface area (Å²) in [6.45, 7) is 5.72. The van der Waals surface area contributed by atoms with Crippen LogP contribution in [-0.4, -0.2) is 63.6 Å². The maximum atomic E-state index is 14.7. The SMILES string of the molecule is COc1cccc(CN(C(=O)CN(c2ccc3c(c2)OCCO3)S(=O)(=O)c2ccccc2)C(Cc2ccccc2)C(=O)NC(C)(C)C)c1. The van der Waals surface area contributed by atoms with Crippen LogP contribution in [0, 0.1) is 0 Å². The second-order valence-corrected chi connectivity index (χ2v) is 14.3. The molecule has 0 saturated heterocycles. The van der Waals surface area contributed by atoms with Crippen LogP contribution < -0.4 is 23.8 Å². The van der Waals surface area contributed by atoms with Gasteiger partial charge in [0.2, 0.25) is 11.8 Å². The lowest BCUT2D eigenvalue weighted by Gasteiger charge is -2.35. The van der Waals surface area contributed by atoms with Gasteiger partial charge in [0.25, 0.3) is 10.0 Å². The molecule has 0 aliphatic carbocycles. The van der Waals surface area contributed by atoms with E-state index in [0.29, 0.717) is 36.0 Å². The van der Waals surface area contributed by atoms with Crippen LogP contribution in [0.25, 0.3) is 0 Å². The second-order valence-electron chi connectivity index (χ2n) is 12.5. The third kappa shape index (κ3) is 8.46. The average Bonchev–Trinajstić information content (AvgIpc) is 3.08. The highest BCUT2D eigenvalue weighted by molar-refractivity contribution is 7.92. The number of carbonyl (C=O) groups is 2. The zero-order valence-electron chi connectivity index (χ0n) is 27.6. The number of methoxy groups -OCH3 is 1. The summed E-state index contributed by atoms with van der Waals surface area (Å²) in [6, 6.07) is 28.4. The minimum Gasteiger partial charge on any atom is -0.497 e. The molecule has 4 aromatic rings. The summed E-state index contributed by atoms with van der Waals surface area (Å²) < 4.78 is 46.5. The Labute approximate surface area is 282 Å². The van der Waals surface area contributed by atoms with Gasteiger partial charge in [-0.3, -0.25) is 13.9 Å². The zero-order valence-corrected chi connectivity index (χ0v) is 28.4. The molecule has 10 nitrogen and oxygen atoms in total. The van der Waals surface area contributed by atoms with Crippen LogP contribution in [0.3, 0.4) is 0 Å². The number of rotatable bonds is 12. The number of ether oxygens (including phenoxy) is 3. The van der Waals surface area contributed by atoms with Crippen LogP contribution in [0.5, 0.6) is 17.2 Å². The van der Waals surface area contributed by atoms with Crippen molar-refractivity contribution in [2.24, 2.45) is 0 Å². The van der Waals surface area contributed by atoms with E-state index < -0.39 is 34.1 Å². The van der Waals surface area contributed by atoms with Crippen molar-refractivity contribution in [1.29, 1.82) is 0 Å². The van der Waals surface area contributed by atoms with Gasteiger partial charge in [-0.25, -0.2) is 8.42 Å². The maximum Gasteiger partial charge on any atom is 0.264 e. The molecule has 1 aliphatic heterocycles. The van der Waals surface area contributed by atoms with E-state index in [1.165, 1.54) is 17.0 Å². The molecule has 252 valence electrons. The standard InChI is InChI=1S/C37H41N3O7S/c1-37(2,3)38-36(42)32(23-27-12-7-5-8-13-27)39(25-28-14-11-15-30(22-28)45-4)35(41)26-40(48(43,44)31-16-9-6-10-17-31)29-18-19-33-34(24-29)47-21-20-46-33/h5-19,22,24,32H,20-21,23,25-26H2,1-4H3,(H,38,42). The first-order valence-electron chi connectivity index (χ1n) is 15.7. The van der Waals surface area contributed by atoms with E-state index in [0.717, 1.165) is 9.87 Å². The van der Waals surface area contributed by atoms with E-state index in [1.807, 2.05) is 57.2 Å². The number of anilines is 1. The van der Waals surface area contributed by atoms with Gasteiger partial charge in [0.05, 0.1) is 17.7 Å². The molecule has 1 N–H and O–H groups in total. The smallest absolute Gasteiger partial charge is 0.264 e. The number of nitrogens with one attached hydrogen (secondary N) is 1. The fourth-order valence-corrected chi connectivity index (χ4v) is 6.84. The van der Waals surface area contributed by atoms with Gasteiger partial charge in [0.1, 0.15) is 31.5 Å². The topological polar surface area (TPSA) is 114 Å². The van der Waals surface area contributed by atoms with Crippen LogP contribution in [0.4, 0.5) is 5.69 Å². The number of hydrogen-bond donors (Lipinski definition) is 1. The van der Waals surface area contributed by atoms with Gasteiger partial charge in [-0.05, 0) is 68.3 Å². The predicted octanol–water partition coefficient (Wildman–Crippen LogP) is 5.22. The van der Waals surface area contributed by atoms with Crippen molar-refractivity contribution in [3.63, 3.8) is 0 Å². The van der Waals surface area contributed by atoms with Crippen LogP contribution in [0.2, 0.25) is 0 Å². The van der Waals surface area contributed by atoms with E-state index in [1.54, 1.807) is 61.7 Å². The molecule has 0 spiro atoms. The number of benzene rings is 4. The summed E-state index contributed by atoms with van der Waals surface area (Å²) in [6.07, 6.45) is 0.202. The number of hydrogen-bond acceptors (Lipinski definition) is 7. The Hall–Kier alpha value is -5.03. The summed E-state index contributed by atoms with van der Waals surface area (Å²) in [7, 11) is -2.71. The average molecular weight is 672 g/mol. The molecule has 0 fully saturated rings. The van der Waals surface area contributed by atoms with Gasteiger partial charge in [-0.2, -0.15) is 0 Å². The third-order valence-electron chi connectivity index (χ3n) is 7.68. The van der Waals surface area contributed by atoms with E-state index in [9.17, 15) is 18.0 Å². The Morgan fingerprint density at radius 2 is 1.48 bits per heavy atom. The van der Waals surface area contributed by atoms with Crippen LogP contribution >= 0.6 is 0 Å². The maximum absolute atomic E-state index is 14.7. The first-order valence-corrected chi connectivity index (χ1v) is 17.1. The van der Waals surface area contributed by atoms with E-state index in [2.05, 4.69) is 5.32 Å². The molecule has 0 aromatic heterocycles. The normalized spacial score (nSPS) is 13.2. The Kier molecular flexibility index (Phi) is 10.6. The quantitative estimate of drug-likeness (QED) is 0.220. The molecule has 0 radical (unpaired) electrons. The number of carbonyl (C=O) groups excluding carboxylic acids is 2. The first-order chi connectivity index (χ1) is 22.9. The van der Waals surface area contributed by atoms with Crippen molar-refractivity contribution in [1.82, 2.24) is 10.2 Å². The Bertz CT molecular complexity index is 1830. The van der Waals surface area contributed by atoms with Gasteiger partial charge in [0, 0.05) is 24.6 Å². The highest BCUT2D eigenvalue weighted by atomic mass is 32.2. The third-order valence-corrected chi connectivity index (χ3v) is 9.47. The molecule has 4 aromatic carbocycles. The molecule has 11 heteroatoms. The predicted molar refractivity (Wildman–Crippen MR) is 184 cm³/mol. The van der Waals surface area contributed by atoms with Gasteiger partial charge >= 0.3 is 0 Å². The Balaban J connectivity index is 1.60. The number of fused-ring (bicyclic) bond motifs is 1. The zero-order chi connectivity index (χ0) is 34.3. The summed E-state index contributed by atoms with van der Waals surface area (Å²) in [5, 5.41) is 3.04. The minimum atomic E-state index is -4.26. The summed E-state index contributed by atoms with van der Waals surface area (Å²) in [5.74, 6) is 0.508. The lowest BCUT2D eigenvalue weighted by atomic mass is 10.0. The van der Waals surface area contributed by atoms with Gasteiger partial charge < -0.3 is 24.4 Å². The molecule has 1 unspecified atom stereocenters. The van der Waals surface area contributed by atoms with Gasteiger partial charge in [-0.15, -0.1) is 0 Å². The summed E-state index contributed by atoms with van der Waals surface area (Å²) in [4.78, 5) is 30.2. The Morgan fingerprint density at radius 1 is 0.833 bits per heavy atom. The minimum absolute atomic E-state index is 0.0124. The number of amides is 2. The van der Waals surface area contributed by atoms with E-state index in [4.69, 9.17) is 14.2 Å². The molecule has 2 amide bonds. The molecular formula is C37H41N3O7S. The molecule has 0 saturated carbocycles. The second kappa shape index (κ2) is 14.8. The lowest BCUT2D eigenvalue weighted by molar-refractivity contribution is -0.140. The molecule has 0 bridgehead atoms. The molecule has 5 rings (SSSR count). The van der Waals surface area contributed by atoms with Crippen LogP contribution in [0.1, 0.15) is 31.9 Å². The molecule has 1 heterocycles. The number of nitrogens with zero attached hydrogens (tertiary/aromatic N) is 2. The molecule has 48 heavy (non-hydrogen) atoms. The monoisotopic (exact) mass is 671 g/mol. The van der Waals surface area contributed by atoms with Crippen molar-refractivity contribution >= 4 is 27.5 Å². The van der Waals surface area contributed by atoms with Gasteiger partial charge in [0.15, 0.2) is 11.5 Å². The fraction of sp³-hybridized carbons (Fsp3) is 0.297. The Morgan fingerprint density at radius 3 is 2.15 bits per heavy atom. The van der Waals surface area contributed by atoms with Crippen molar-refractivity contribution in [2.45, 2.75) is 50.2 Å². The fourth-order valence-electron chi connectivity index (χ4n) is 5.41. The highest BCUT2D eigenvalue weighted by Gasteiger charge is 2.36. The van der Waals surface area contributed by atoms with E-state index >= 15 is 0 Å². The van der Waals surface area contributed by atoms with E-state index in [-0.39, 0.29) is 29.5 Å². The van der Waals surface area contributed by atoms with Crippen LogP contribution in [-0.2, 0) is 32.6 Å². The van der Waals surface area contributed by atoms with Crippen molar-refractivity contribution in [3.05, 3.63) is 114 Å². The number of sulfonamides is 1. The lowest BCUT2D eigenvalue weighted by Crippen LogP contribution is -2.56. The molecular weight excluding hydrogens is 630 g/mol. The summed E-state index contributed by atoms with van der Waals surface area (Å²) >= 11 is 0. The molecule has 1 atom stereocenters. The first kappa shape index (κ1) is 34.3. The summed E-state index contributed by atoms with van der Waals surface area (Å²) in [5.41, 5.74) is 1.18.